The number of piperidine rings is 1. The molecule has 0 bridgehead atoms. The second-order valence-electron chi connectivity index (χ2n) is 6.68. The van der Waals surface area contributed by atoms with Crippen molar-refractivity contribution in [3.63, 3.8) is 0 Å². The molecule has 0 spiro atoms. The van der Waals surface area contributed by atoms with Crippen LogP contribution in [0.2, 0.25) is 0 Å². The molecule has 0 radical (unpaired) electrons. The van der Waals surface area contributed by atoms with Crippen molar-refractivity contribution in [3.05, 3.63) is 72.1 Å². The van der Waals surface area contributed by atoms with Crippen LogP contribution < -0.4 is 0 Å². The molecule has 136 valence electrons. The molecule has 27 heavy (non-hydrogen) atoms. The van der Waals surface area contributed by atoms with Crippen LogP contribution in [0, 0.1) is 5.92 Å². The minimum atomic E-state index is -0.0807. The molecule has 5 heteroatoms. The van der Waals surface area contributed by atoms with E-state index >= 15 is 0 Å². The molecule has 1 amide bonds. The number of oxazole rings is 1. The molecule has 1 fully saturated rings. The zero-order chi connectivity index (χ0) is 18.6. The molecule has 4 rings (SSSR count). The number of amides is 1. The van der Waals surface area contributed by atoms with Gasteiger partial charge in [-0.3, -0.25) is 9.59 Å². The number of hydrogen-bond donors (Lipinski definition) is 0. The Hall–Kier alpha value is -3.21. The molecular formula is C22H20N2O3. The second kappa shape index (κ2) is 7.58. The predicted molar refractivity (Wildman–Crippen MR) is 103 cm³/mol. The van der Waals surface area contributed by atoms with E-state index in [1.54, 1.807) is 11.0 Å². The number of para-hydroxylation sites is 2. The molecule has 0 atom stereocenters. The number of hydrogen-bond acceptors (Lipinski definition) is 4. The molecule has 0 N–H and O–H groups in total. The van der Waals surface area contributed by atoms with Gasteiger partial charge >= 0.3 is 0 Å². The van der Waals surface area contributed by atoms with Gasteiger partial charge in [-0.05, 0) is 25.0 Å². The lowest BCUT2D eigenvalue weighted by molar-refractivity contribution is -0.127. The lowest BCUT2D eigenvalue weighted by Crippen LogP contribution is -2.39. The van der Waals surface area contributed by atoms with Crippen molar-refractivity contribution in [3.8, 4) is 0 Å². The molecule has 1 aliphatic heterocycles. The molecule has 2 heterocycles. The number of carbonyl (C=O) groups is 2. The summed E-state index contributed by atoms with van der Waals surface area (Å²) in [6, 6.07) is 16.8. The molecule has 0 unspecified atom stereocenters. The number of benzene rings is 2. The summed E-state index contributed by atoms with van der Waals surface area (Å²) in [7, 11) is 0. The number of carbonyl (C=O) groups excluding carboxylic acids is 2. The first kappa shape index (κ1) is 17.2. The molecule has 1 saturated heterocycles. The van der Waals surface area contributed by atoms with Gasteiger partial charge in [0.05, 0.1) is 0 Å². The van der Waals surface area contributed by atoms with Gasteiger partial charge in [-0.25, -0.2) is 4.98 Å². The Labute approximate surface area is 157 Å². The number of nitrogens with zero attached hydrogens (tertiary/aromatic N) is 2. The van der Waals surface area contributed by atoms with Crippen LogP contribution in [-0.2, 0) is 4.79 Å². The zero-order valence-corrected chi connectivity index (χ0v) is 14.9. The highest BCUT2D eigenvalue weighted by molar-refractivity contribution is 5.98. The maximum absolute atomic E-state index is 12.5. The summed E-state index contributed by atoms with van der Waals surface area (Å²) >= 11 is 0. The second-order valence-corrected chi connectivity index (χ2v) is 6.68. The third kappa shape index (κ3) is 3.82. The standard InChI is InChI=1S/C22H20N2O3/c25-21(11-10-20-23-18-8-4-5-9-19(18)27-20)24-14-12-17(13-15-24)22(26)16-6-2-1-3-7-16/h1-11,17H,12-15H2/b11-10+. The van der Waals surface area contributed by atoms with E-state index in [0.717, 1.165) is 11.1 Å². The summed E-state index contributed by atoms with van der Waals surface area (Å²) < 4.78 is 5.59. The number of likely N-dealkylation sites (tertiary alicyclic amines) is 1. The van der Waals surface area contributed by atoms with Crippen LogP contribution in [0.25, 0.3) is 17.2 Å². The molecule has 0 aliphatic carbocycles. The minimum absolute atomic E-state index is 0.0162. The summed E-state index contributed by atoms with van der Waals surface area (Å²) in [5.41, 5.74) is 2.22. The monoisotopic (exact) mass is 360 g/mol. The lowest BCUT2D eigenvalue weighted by Gasteiger charge is -2.30. The van der Waals surface area contributed by atoms with Crippen molar-refractivity contribution >= 4 is 28.9 Å². The van der Waals surface area contributed by atoms with Crippen LogP contribution in [0.4, 0.5) is 0 Å². The van der Waals surface area contributed by atoms with Crippen molar-refractivity contribution < 1.29 is 14.0 Å². The van der Waals surface area contributed by atoms with Crippen LogP contribution in [0.1, 0.15) is 29.1 Å². The lowest BCUT2D eigenvalue weighted by atomic mass is 9.89. The van der Waals surface area contributed by atoms with Gasteiger partial charge in [0.15, 0.2) is 11.4 Å². The molecule has 3 aromatic rings. The van der Waals surface area contributed by atoms with Crippen molar-refractivity contribution in [1.29, 1.82) is 0 Å². The van der Waals surface area contributed by atoms with E-state index in [1.807, 2.05) is 54.6 Å². The summed E-state index contributed by atoms with van der Waals surface area (Å²) in [4.78, 5) is 31.1. The molecule has 2 aromatic carbocycles. The van der Waals surface area contributed by atoms with E-state index in [9.17, 15) is 9.59 Å². The van der Waals surface area contributed by atoms with Gasteiger partial charge in [0.1, 0.15) is 5.52 Å². The van der Waals surface area contributed by atoms with Gasteiger partial charge in [0.25, 0.3) is 0 Å². The first-order valence-corrected chi connectivity index (χ1v) is 9.12. The van der Waals surface area contributed by atoms with E-state index in [1.165, 1.54) is 6.08 Å². The van der Waals surface area contributed by atoms with Gasteiger partial charge in [-0.1, -0.05) is 42.5 Å². The van der Waals surface area contributed by atoms with Crippen molar-refractivity contribution in [2.24, 2.45) is 5.92 Å². The van der Waals surface area contributed by atoms with E-state index in [0.29, 0.717) is 37.4 Å². The van der Waals surface area contributed by atoms with Crippen LogP contribution >= 0.6 is 0 Å². The third-order valence-corrected chi connectivity index (χ3v) is 4.91. The average molecular weight is 360 g/mol. The van der Waals surface area contributed by atoms with E-state index in [4.69, 9.17) is 4.42 Å². The van der Waals surface area contributed by atoms with E-state index < -0.39 is 0 Å². The topological polar surface area (TPSA) is 63.4 Å². The third-order valence-electron chi connectivity index (χ3n) is 4.91. The smallest absolute Gasteiger partial charge is 0.246 e. The number of rotatable bonds is 4. The maximum Gasteiger partial charge on any atom is 0.246 e. The van der Waals surface area contributed by atoms with Gasteiger partial charge in [-0.2, -0.15) is 0 Å². The van der Waals surface area contributed by atoms with Crippen LogP contribution in [0.3, 0.4) is 0 Å². The minimum Gasteiger partial charge on any atom is -0.437 e. The van der Waals surface area contributed by atoms with Gasteiger partial charge < -0.3 is 9.32 Å². The number of ketones is 1. The van der Waals surface area contributed by atoms with E-state index in [2.05, 4.69) is 4.98 Å². The fraction of sp³-hybridized carbons (Fsp3) is 0.227. The van der Waals surface area contributed by atoms with Crippen LogP contribution in [-0.4, -0.2) is 34.7 Å². The average Bonchev–Trinajstić information content (AvgIpc) is 3.15. The predicted octanol–water partition coefficient (Wildman–Crippen LogP) is 3.96. The molecule has 0 saturated carbocycles. The Kier molecular flexibility index (Phi) is 4.83. The fourth-order valence-electron chi connectivity index (χ4n) is 3.41. The van der Waals surface area contributed by atoms with Crippen molar-refractivity contribution in [2.75, 3.05) is 13.1 Å². The normalized spacial score (nSPS) is 15.5. The first-order chi connectivity index (χ1) is 13.2. The number of Topliss-reactive ketones (excluding diaryl/α,β-unsaturated/α-hetero) is 1. The first-order valence-electron chi connectivity index (χ1n) is 9.12. The SMILES string of the molecule is O=C(c1ccccc1)C1CCN(C(=O)/C=C/c2nc3ccccc3o2)CC1. The Balaban J connectivity index is 1.35. The maximum atomic E-state index is 12.5. The van der Waals surface area contributed by atoms with Crippen molar-refractivity contribution in [2.45, 2.75) is 12.8 Å². The molecule has 5 nitrogen and oxygen atoms in total. The summed E-state index contributed by atoms with van der Waals surface area (Å²) in [5.74, 6) is 0.490. The highest BCUT2D eigenvalue weighted by atomic mass is 16.3. The highest BCUT2D eigenvalue weighted by Gasteiger charge is 2.27. The van der Waals surface area contributed by atoms with Gasteiger partial charge in [0.2, 0.25) is 11.8 Å². The quantitative estimate of drug-likeness (QED) is 0.522. The summed E-state index contributed by atoms with van der Waals surface area (Å²) in [6.45, 7) is 1.17. The van der Waals surface area contributed by atoms with Gasteiger partial charge in [0, 0.05) is 36.7 Å². The Morgan fingerprint density at radius 3 is 2.44 bits per heavy atom. The Morgan fingerprint density at radius 1 is 1.00 bits per heavy atom. The molecular weight excluding hydrogens is 340 g/mol. The van der Waals surface area contributed by atoms with Crippen LogP contribution in [0.5, 0.6) is 0 Å². The number of fused-ring (bicyclic) bond motifs is 1. The Bertz CT molecular complexity index is 950. The largest absolute Gasteiger partial charge is 0.437 e. The summed E-state index contributed by atoms with van der Waals surface area (Å²) in [5, 5.41) is 0. The molecule has 1 aromatic heterocycles. The summed E-state index contributed by atoms with van der Waals surface area (Å²) in [6.07, 6.45) is 4.47. The van der Waals surface area contributed by atoms with Gasteiger partial charge in [-0.15, -0.1) is 0 Å². The number of aromatic nitrogens is 1. The Morgan fingerprint density at radius 2 is 1.70 bits per heavy atom. The molecule has 1 aliphatic rings. The van der Waals surface area contributed by atoms with E-state index in [-0.39, 0.29) is 17.6 Å². The zero-order valence-electron chi connectivity index (χ0n) is 14.9. The highest BCUT2D eigenvalue weighted by Crippen LogP contribution is 2.22. The van der Waals surface area contributed by atoms with Crippen LogP contribution in [0.15, 0.2) is 65.1 Å². The van der Waals surface area contributed by atoms with Crippen molar-refractivity contribution in [1.82, 2.24) is 9.88 Å². The fourth-order valence-corrected chi connectivity index (χ4v) is 3.41.